The van der Waals surface area contributed by atoms with Crippen LogP contribution in [0.1, 0.15) is 18.1 Å². The van der Waals surface area contributed by atoms with E-state index in [-0.39, 0.29) is 17.7 Å². The SMILES string of the molecule is CCOC(=O)Cc1c(C#N)ccc(O)c1OC(F)(F)F. The van der Waals surface area contributed by atoms with Crippen LogP contribution in [-0.4, -0.2) is 24.0 Å². The molecule has 0 atom stereocenters. The molecule has 0 bridgehead atoms. The van der Waals surface area contributed by atoms with Gasteiger partial charge in [0.25, 0.3) is 0 Å². The molecule has 0 heterocycles. The van der Waals surface area contributed by atoms with Gasteiger partial charge in [-0.25, -0.2) is 0 Å². The minimum Gasteiger partial charge on any atom is -0.504 e. The number of phenolic OH excluding ortho intramolecular Hbond substituents is 1. The first kappa shape index (κ1) is 15.6. The molecule has 0 radical (unpaired) electrons. The molecule has 1 aromatic carbocycles. The van der Waals surface area contributed by atoms with Gasteiger partial charge >= 0.3 is 12.3 Å². The first-order chi connectivity index (χ1) is 9.28. The fourth-order valence-electron chi connectivity index (χ4n) is 1.48. The number of hydrogen-bond donors (Lipinski definition) is 1. The van der Waals surface area contributed by atoms with Gasteiger partial charge in [0.05, 0.1) is 24.7 Å². The molecule has 0 spiro atoms. The van der Waals surface area contributed by atoms with Crippen molar-refractivity contribution in [2.75, 3.05) is 6.61 Å². The highest BCUT2D eigenvalue weighted by Gasteiger charge is 2.34. The summed E-state index contributed by atoms with van der Waals surface area (Å²) < 4.78 is 45.2. The minimum atomic E-state index is -5.06. The van der Waals surface area contributed by atoms with Crippen LogP contribution in [0.15, 0.2) is 12.1 Å². The number of rotatable bonds is 4. The van der Waals surface area contributed by atoms with Gasteiger partial charge in [-0.2, -0.15) is 5.26 Å². The zero-order valence-corrected chi connectivity index (χ0v) is 10.3. The van der Waals surface area contributed by atoms with Crippen LogP contribution < -0.4 is 4.74 Å². The summed E-state index contributed by atoms with van der Waals surface area (Å²) in [7, 11) is 0. The summed E-state index contributed by atoms with van der Waals surface area (Å²) in [6.45, 7) is 1.56. The van der Waals surface area contributed by atoms with Crippen LogP contribution in [0.3, 0.4) is 0 Å². The van der Waals surface area contributed by atoms with Crippen LogP contribution in [-0.2, 0) is 16.0 Å². The average Bonchev–Trinajstić information content (AvgIpc) is 2.33. The molecule has 1 aromatic rings. The maximum absolute atomic E-state index is 12.3. The molecule has 8 heteroatoms. The van der Waals surface area contributed by atoms with Crippen molar-refractivity contribution in [2.24, 2.45) is 0 Å². The number of alkyl halides is 3. The van der Waals surface area contributed by atoms with Crippen LogP contribution in [0.5, 0.6) is 11.5 Å². The summed E-state index contributed by atoms with van der Waals surface area (Å²) in [6.07, 6.45) is -5.68. The molecule has 0 fully saturated rings. The lowest BCUT2D eigenvalue weighted by atomic mass is 10.0. The summed E-state index contributed by atoms with van der Waals surface area (Å²) in [5, 5.41) is 18.3. The fourth-order valence-corrected chi connectivity index (χ4v) is 1.48. The predicted molar refractivity (Wildman–Crippen MR) is 59.8 cm³/mol. The highest BCUT2D eigenvalue weighted by molar-refractivity contribution is 5.75. The van der Waals surface area contributed by atoms with E-state index in [9.17, 15) is 23.1 Å². The Labute approximate surface area is 112 Å². The Kier molecular flexibility index (Phi) is 4.80. The van der Waals surface area contributed by atoms with E-state index in [1.807, 2.05) is 0 Å². The largest absolute Gasteiger partial charge is 0.573 e. The maximum atomic E-state index is 12.3. The Balaban J connectivity index is 3.26. The Hall–Kier alpha value is -2.43. The summed E-state index contributed by atoms with van der Waals surface area (Å²) in [5.41, 5.74) is -0.585. The molecule has 0 saturated carbocycles. The van der Waals surface area contributed by atoms with E-state index in [0.29, 0.717) is 0 Å². The van der Waals surface area contributed by atoms with Crippen LogP contribution in [0, 0.1) is 11.3 Å². The Morgan fingerprint density at radius 1 is 1.45 bits per heavy atom. The van der Waals surface area contributed by atoms with Gasteiger partial charge < -0.3 is 14.6 Å². The summed E-state index contributed by atoms with van der Waals surface area (Å²) in [4.78, 5) is 11.4. The van der Waals surface area contributed by atoms with Crippen LogP contribution in [0.25, 0.3) is 0 Å². The molecular weight excluding hydrogens is 279 g/mol. The molecule has 0 unspecified atom stereocenters. The Morgan fingerprint density at radius 3 is 2.60 bits per heavy atom. The van der Waals surface area contributed by atoms with E-state index in [1.165, 1.54) is 6.92 Å². The molecule has 108 valence electrons. The number of benzene rings is 1. The zero-order valence-electron chi connectivity index (χ0n) is 10.3. The summed E-state index contributed by atoms with van der Waals surface area (Å²) in [5.74, 6) is -2.62. The molecule has 0 aromatic heterocycles. The lowest BCUT2D eigenvalue weighted by Crippen LogP contribution is -2.19. The van der Waals surface area contributed by atoms with E-state index in [1.54, 1.807) is 6.07 Å². The number of aromatic hydroxyl groups is 1. The van der Waals surface area contributed by atoms with Crippen molar-refractivity contribution in [2.45, 2.75) is 19.7 Å². The molecule has 0 saturated heterocycles. The molecule has 5 nitrogen and oxygen atoms in total. The Bertz CT molecular complexity index is 549. The number of carbonyl (C=O) groups excluding carboxylic acids is 1. The second-order valence-corrected chi connectivity index (χ2v) is 3.58. The van der Waals surface area contributed by atoms with Crippen molar-refractivity contribution in [3.8, 4) is 17.6 Å². The van der Waals surface area contributed by atoms with Gasteiger partial charge in [0, 0.05) is 5.56 Å². The molecular formula is C12H10F3NO4. The van der Waals surface area contributed by atoms with E-state index in [0.717, 1.165) is 12.1 Å². The molecule has 1 rings (SSSR count). The predicted octanol–water partition coefficient (Wildman–Crippen LogP) is 2.27. The van der Waals surface area contributed by atoms with Gasteiger partial charge in [-0.3, -0.25) is 4.79 Å². The number of nitriles is 1. The Morgan fingerprint density at radius 2 is 2.10 bits per heavy atom. The first-order valence-electron chi connectivity index (χ1n) is 5.44. The van der Waals surface area contributed by atoms with Gasteiger partial charge in [-0.05, 0) is 19.1 Å². The number of halogens is 3. The fraction of sp³-hybridized carbons (Fsp3) is 0.333. The van der Waals surface area contributed by atoms with Gasteiger partial charge in [-0.15, -0.1) is 13.2 Å². The number of ether oxygens (including phenoxy) is 2. The first-order valence-corrected chi connectivity index (χ1v) is 5.44. The van der Waals surface area contributed by atoms with Gasteiger partial charge in [0.2, 0.25) is 0 Å². The highest BCUT2D eigenvalue weighted by atomic mass is 19.4. The zero-order chi connectivity index (χ0) is 15.3. The normalized spacial score (nSPS) is 10.8. The van der Waals surface area contributed by atoms with Crippen molar-refractivity contribution in [1.82, 2.24) is 0 Å². The summed E-state index contributed by atoms with van der Waals surface area (Å²) >= 11 is 0. The third-order valence-electron chi connectivity index (χ3n) is 2.20. The second kappa shape index (κ2) is 6.14. The molecule has 0 amide bonds. The number of phenols is 1. The van der Waals surface area contributed by atoms with Crippen molar-refractivity contribution < 1.29 is 32.5 Å². The third kappa shape index (κ3) is 4.05. The van der Waals surface area contributed by atoms with E-state index in [2.05, 4.69) is 9.47 Å². The molecule has 0 aliphatic carbocycles. The number of esters is 1. The lowest BCUT2D eigenvalue weighted by Gasteiger charge is -2.15. The van der Waals surface area contributed by atoms with Crippen molar-refractivity contribution in [1.29, 1.82) is 5.26 Å². The van der Waals surface area contributed by atoms with E-state index < -0.39 is 30.3 Å². The quantitative estimate of drug-likeness (QED) is 0.860. The number of carbonyl (C=O) groups is 1. The van der Waals surface area contributed by atoms with Crippen molar-refractivity contribution >= 4 is 5.97 Å². The smallest absolute Gasteiger partial charge is 0.504 e. The van der Waals surface area contributed by atoms with Crippen LogP contribution in [0.4, 0.5) is 13.2 Å². The molecule has 20 heavy (non-hydrogen) atoms. The van der Waals surface area contributed by atoms with Crippen LogP contribution in [0.2, 0.25) is 0 Å². The van der Waals surface area contributed by atoms with Crippen molar-refractivity contribution in [3.63, 3.8) is 0 Å². The minimum absolute atomic E-state index is 0.0367. The number of nitrogens with zero attached hydrogens (tertiary/aromatic N) is 1. The van der Waals surface area contributed by atoms with Gasteiger partial charge in [-0.1, -0.05) is 0 Å². The van der Waals surface area contributed by atoms with Gasteiger partial charge in [0.1, 0.15) is 0 Å². The van der Waals surface area contributed by atoms with Crippen molar-refractivity contribution in [3.05, 3.63) is 23.3 Å². The average molecular weight is 289 g/mol. The standard InChI is InChI=1S/C12H10F3NO4/c1-2-19-10(18)5-8-7(6-16)3-4-9(17)11(8)20-12(13,14)15/h3-4,17H,2,5H2,1H3. The van der Waals surface area contributed by atoms with Crippen LogP contribution >= 0.6 is 0 Å². The number of hydrogen-bond acceptors (Lipinski definition) is 5. The third-order valence-corrected chi connectivity index (χ3v) is 2.20. The van der Waals surface area contributed by atoms with E-state index in [4.69, 9.17) is 5.26 Å². The van der Waals surface area contributed by atoms with E-state index >= 15 is 0 Å². The van der Waals surface area contributed by atoms with Gasteiger partial charge in [0.15, 0.2) is 11.5 Å². The summed E-state index contributed by atoms with van der Waals surface area (Å²) in [6, 6.07) is 3.60. The second-order valence-electron chi connectivity index (χ2n) is 3.58. The molecule has 0 aliphatic heterocycles. The molecule has 1 N–H and O–H groups in total. The monoisotopic (exact) mass is 289 g/mol. The maximum Gasteiger partial charge on any atom is 0.573 e. The molecule has 0 aliphatic rings. The highest BCUT2D eigenvalue weighted by Crippen LogP contribution is 2.37. The lowest BCUT2D eigenvalue weighted by molar-refractivity contribution is -0.275. The topological polar surface area (TPSA) is 79.6 Å².